The number of hydrogen-bond donors (Lipinski definition) is 0. The Labute approximate surface area is 340 Å². The third-order valence-electron chi connectivity index (χ3n) is 13.8. The zero-order valence-corrected chi connectivity index (χ0v) is 33.3. The van der Waals surface area contributed by atoms with Crippen molar-refractivity contribution < 1.29 is 0 Å². The number of rotatable bonds is 3. The van der Waals surface area contributed by atoms with Gasteiger partial charge in [0.05, 0.1) is 0 Å². The van der Waals surface area contributed by atoms with Crippen molar-refractivity contribution >= 4 is 43.1 Å². The van der Waals surface area contributed by atoms with Crippen LogP contribution in [0.4, 0.5) is 0 Å². The third-order valence-corrected chi connectivity index (χ3v) is 13.8. The maximum atomic E-state index is 2.52. The summed E-state index contributed by atoms with van der Waals surface area (Å²) in [6.45, 7) is 9.61. The molecule has 0 nitrogen and oxygen atoms in total. The number of hydrogen-bond acceptors (Lipinski definition) is 0. The Kier molecular flexibility index (Phi) is 6.84. The molecule has 0 radical (unpaired) electrons. The molecule has 0 N–H and O–H groups in total. The maximum Gasteiger partial charge on any atom is 0.0159 e. The van der Waals surface area contributed by atoms with E-state index in [0.29, 0.717) is 0 Å². The number of benzene rings is 10. The molecule has 0 aliphatic heterocycles. The van der Waals surface area contributed by atoms with Crippen molar-refractivity contribution in [3.8, 4) is 55.6 Å². The zero-order valence-electron chi connectivity index (χ0n) is 33.3. The highest BCUT2D eigenvalue weighted by Crippen LogP contribution is 2.57. The lowest BCUT2D eigenvalue weighted by atomic mass is 9.78. The standard InChI is InChI=1S/C58H42/c1-57(2)51-23-12-11-18-43(51)49-33-54-50(34-53(49)57)44-29-27-40(32-52(44)58(54,3)4)56-47-21-9-7-19-45(47)55(46-20-8-10-22-48(46)56)39-16-13-15-36(31-39)37-26-28-42-38(30-37)25-24-35-14-5-6-17-41(35)42/h5-34H,1-4H3. The largest absolute Gasteiger partial charge is 0.0619 e. The van der Waals surface area contributed by atoms with Crippen molar-refractivity contribution in [2.75, 3.05) is 0 Å². The van der Waals surface area contributed by atoms with Crippen molar-refractivity contribution in [2.45, 2.75) is 38.5 Å². The summed E-state index contributed by atoms with van der Waals surface area (Å²) >= 11 is 0. The minimum atomic E-state index is -0.140. The van der Waals surface area contributed by atoms with E-state index < -0.39 is 0 Å². The first-order valence-corrected chi connectivity index (χ1v) is 20.7. The van der Waals surface area contributed by atoms with Gasteiger partial charge >= 0.3 is 0 Å². The van der Waals surface area contributed by atoms with Gasteiger partial charge in [0.25, 0.3) is 0 Å². The Balaban J connectivity index is 1.01. The first kappa shape index (κ1) is 33.4. The molecule has 0 fully saturated rings. The Hall–Kier alpha value is -6.76. The van der Waals surface area contributed by atoms with Gasteiger partial charge in [0.2, 0.25) is 0 Å². The van der Waals surface area contributed by atoms with Gasteiger partial charge in [-0.2, -0.15) is 0 Å². The molecule has 10 aromatic carbocycles. The summed E-state index contributed by atoms with van der Waals surface area (Å²) in [5.74, 6) is 0. The van der Waals surface area contributed by atoms with Crippen LogP contribution in [0.3, 0.4) is 0 Å². The summed E-state index contributed by atoms with van der Waals surface area (Å²) in [6, 6.07) is 68.7. The SMILES string of the molecule is CC1(C)c2ccccc2-c2cc3c(cc21)-c1ccc(-c2c4ccccc4c(-c4cccc(-c5ccc6c(ccc7ccccc76)c5)c4)c4ccccc24)cc1C3(C)C. The van der Waals surface area contributed by atoms with E-state index in [1.165, 1.54) is 121 Å². The molecule has 0 spiro atoms. The van der Waals surface area contributed by atoms with Crippen LogP contribution in [0.2, 0.25) is 0 Å². The minimum absolute atomic E-state index is 0.0301. The van der Waals surface area contributed by atoms with Crippen molar-refractivity contribution in [3.05, 3.63) is 204 Å². The molecule has 0 heteroatoms. The highest BCUT2D eigenvalue weighted by Gasteiger charge is 2.41. The smallest absolute Gasteiger partial charge is 0.0159 e. The van der Waals surface area contributed by atoms with E-state index in [9.17, 15) is 0 Å². The Morgan fingerprint density at radius 3 is 1.41 bits per heavy atom. The van der Waals surface area contributed by atoms with Crippen LogP contribution >= 0.6 is 0 Å². The van der Waals surface area contributed by atoms with Crippen LogP contribution in [0.5, 0.6) is 0 Å². The molecule has 274 valence electrons. The fraction of sp³-hybridized carbons (Fsp3) is 0.103. The quantitative estimate of drug-likeness (QED) is 0.125. The van der Waals surface area contributed by atoms with Crippen molar-refractivity contribution in [2.24, 2.45) is 0 Å². The van der Waals surface area contributed by atoms with Gasteiger partial charge in [-0.05, 0) is 151 Å². The normalized spacial score (nSPS) is 14.5. The molecule has 12 rings (SSSR count). The second-order valence-corrected chi connectivity index (χ2v) is 17.6. The van der Waals surface area contributed by atoms with E-state index in [1.54, 1.807) is 0 Å². The van der Waals surface area contributed by atoms with Crippen LogP contribution in [0.15, 0.2) is 182 Å². The Morgan fingerprint density at radius 1 is 0.259 bits per heavy atom. The molecule has 2 aliphatic carbocycles. The van der Waals surface area contributed by atoms with Gasteiger partial charge in [-0.1, -0.05) is 179 Å². The summed E-state index contributed by atoms with van der Waals surface area (Å²) in [5, 5.41) is 10.3. The van der Waals surface area contributed by atoms with Crippen LogP contribution in [-0.2, 0) is 10.8 Å². The minimum Gasteiger partial charge on any atom is -0.0619 e. The average molecular weight is 739 g/mol. The van der Waals surface area contributed by atoms with Crippen LogP contribution in [0.1, 0.15) is 49.9 Å². The monoisotopic (exact) mass is 738 g/mol. The van der Waals surface area contributed by atoms with E-state index in [1.807, 2.05) is 0 Å². The highest BCUT2D eigenvalue weighted by atomic mass is 14.4. The van der Waals surface area contributed by atoms with Crippen LogP contribution in [0.25, 0.3) is 98.7 Å². The van der Waals surface area contributed by atoms with Gasteiger partial charge in [0.1, 0.15) is 0 Å². The molecule has 0 atom stereocenters. The summed E-state index contributed by atoms with van der Waals surface area (Å²) in [6.07, 6.45) is 0. The summed E-state index contributed by atoms with van der Waals surface area (Å²) in [4.78, 5) is 0. The summed E-state index contributed by atoms with van der Waals surface area (Å²) in [5.41, 5.74) is 18.6. The topological polar surface area (TPSA) is 0 Å². The van der Waals surface area contributed by atoms with Crippen molar-refractivity contribution in [1.29, 1.82) is 0 Å². The second-order valence-electron chi connectivity index (χ2n) is 17.6. The molecule has 58 heavy (non-hydrogen) atoms. The van der Waals surface area contributed by atoms with E-state index >= 15 is 0 Å². The highest BCUT2D eigenvalue weighted by molar-refractivity contribution is 6.21. The zero-order chi connectivity index (χ0) is 38.9. The molecule has 0 saturated heterocycles. The molecule has 0 unspecified atom stereocenters. The molecular formula is C58H42. The lowest BCUT2D eigenvalue weighted by Crippen LogP contribution is -2.17. The van der Waals surface area contributed by atoms with Gasteiger partial charge in [-0.15, -0.1) is 0 Å². The van der Waals surface area contributed by atoms with Crippen LogP contribution in [0, 0.1) is 0 Å². The van der Waals surface area contributed by atoms with E-state index in [0.717, 1.165) is 0 Å². The Bertz CT molecular complexity index is 3330. The van der Waals surface area contributed by atoms with Crippen LogP contribution < -0.4 is 0 Å². The Morgan fingerprint density at radius 2 is 0.724 bits per heavy atom. The van der Waals surface area contributed by atoms with Gasteiger partial charge in [0, 0.05) is 10.8 Å². The lowest BCUT2D eigenvalue weighted by molar-refractivity contribution is 0.652. The first-order chi connectivity index (χ1) is 28.3. The molecule has 0 heterocycles. The van der Waals surface area contributed by atoms with Crippen molar-refractivity contribution in [3.63, 3.8) is 0 Å². The van der Waals surface area contributed by atoms with Gasteiger partial charge in [-0.25, -0.2) is 0 Å². The first-order valence-electron chi connectivity index (χ1n) is 20.7. The maximum absolute atomic E-state index is 2.52. The summed E-state index contributed by atoms with van der Waals surface area (Å²) in [7, 11) is 0. The van der Waals surface area contributed by atoms with Gasteiger partial charge in [0.15, 0.2) is 0 Å². The predicted octanol–water partition coefficient (Wildman–Crippen LogP) is 15.9. The second kappa shape index (κ2) is 11.9. The van der Waals surface area contributed by atoms with E-state index in [2.05, 4.69) is 210 Å². The molecule has 10 aromatic rings. The molecule has 0 amide bonds. The van der Waals surface area contributed by atoms with Crippen molar-refractivity contribution in [1.82, 2.24) is 0 Å². The molecular weight excluding hydrogens is 697 g/mol. The fourth-order valence-corrected chi connectivity index (χ4v) is 10.9. The van der Waals surface area contributed by atoms with Gasteiger partial charge in [-0.3, -0.25) is 0 Å². The molecule has 2 aliphatic rings. The fourth-order valence-electron chi connectivity index (χ4n) is 10.9. The molecule has 0 bridgehead atoms. The average Bonchev–Trinajstić information content (AvgIpc) is 3.63. The van der Waals surface area contributed by atoms with Gasteiger partial charge < -0.3 is 0 Å². The van der Waals surface area contributed by atoms with E-state index in [-0.39, 0.29) is 10.8 Å². The molecule has 0 aromatic heterocycles. The van der Waals surface area contributed by atoms with Crippen LogP contribution in [-0.4, -0.2) is 0 Å². The summed E-state index contributed by atoms with van der Waals surface area (Å²) < 4.78 is 0. The third kappa shape index (κ3) is 4.58. The predicted molar refractivity (Wildman–Crippen MR) is 248 cm³/mol. The number of fused-ring (bicyclic) bond motifs is 11. The molecule has 0 saturated carbocycles. The lowest BCUT2D eigenvalue weighted by Gasteiger charge is -2.24. The van der Waals surface area contributed by atoms with E-state index in [4.69, 9.17) is 0 Å².